The number of phenols is 1. The summed E-state index contributed by atoms with van der Waals surface area (Å²) in [4.78, 5) is 28.5. The van der Waals surface area contributed by atoms with E-state index in [1.54, 1.807) is 35.6 Å². The molecule has 0 spiro atoms. The molecule has 3 aromatic rings. The molecule has 7 N–H and O–H groups in total. The second kappa shape index (κ2) is 14.4. The maximum atomic E-state index is 13.1. The van der Waals surface area contributed by atoms with Gasteiger partial charge in [0.2, 0.25) is 11.8 Å². The van der Waals surface area contributed by atoms with E-state index in [0.717, 1.165) is 36.8 Å². The van der Waals surface area contributed by atoms with E-state index in [1.807, 2.05) is 30.3 Å². The molecule has 2 atom stereocenters. The number of aromatic hydroxyl groups is 1. The van der Waals surface area contributed by atoms with Crippen LogP contribution in [0.25, 0.3) is 0 Å². The topological polar surface area (TPSA) is 130 Å². The van der Waals surface area contributed by atoms with Gasteiger partial charge < -0.3 is 27.2 Å². The quantitative estimate of drug-likeness (QED) is 0.214. The molecule has 0 saturated heterocycles. The third-order valence-corrected chi connectivity index (χ3v) is 7.11. The van der Waals surface area contributed by atoms with E-state index < -0.39 is 12.1 Å². The number of amides is 2. The molecule has 2 aromatic carbocycles. The number of aryl methyl sites for hydroxylation is 1. The van der Waals surface area contributed by atoms with Crippen molar-refractivity contribution in [3.8, 4) is 5.75 Å². The number of rotatable bonds is 14. The lowest BCUT2D eigenvalue weighted by molar-refractivity contribution is -0.129. The first-order chi connectivity index (χ1) is 17.4. The minimum absolute atomic E-state index is 0.145. The molecule has 0 unspecified atom stereocenters. The molecule has 192 valence electrons. The first kappa shape index (κ1) is 27.4. The summed E-state index contributed by atoms with van der Waals surface area (Å²) < 4.78 is 0. The van der Waals surface area contributed by atoms with Crippen LogP contribution in [0.5, 0.6) is 5.75 Å². The van der Waals surface area contributed by atoms with Crippen molar-refractivity contribution in [3.05, 3.63) is 87.6 Å². The van der Waals surface area contributed by atoms with Gasteiger partial charge >= 0.3 is 0 Å². The van der Waals surface area contributed by atoms with Gasteiger partial charge in [0.1, 0.15) is 11.8 Å². The molecule has 0 fully saturated rings. The first-order valence-electron chi connectivity index (χ1n) is 12.4. The summed E-state index contributed by atoms with van der Waals surface area (Å²) in [5.74, 6) is -0.492. The monoisotopic (exact) mass is 508 g/mol. The predicted molar refractivity (Wildman–Crippen MR) is 145 cm³/mol. The molecular formula is C28H36N4O3S. The summed E-state index contributed by atoms with van der Waals surface area (Å²) >= 11 is 1.76. The van der Waals surface area contributed by atoms with E-state index in [1.165, 1.54) is 9.75 Å². The van der Waals surface area contributed by atoms with Crippen LogP contribution >= 0.6 is 11.3 Å². The zero-order chi connectivity index (χ0) is 25.8. The minimum atomic E-state index is -0.779. The largest absolute Gasteiger partial charge is 0.508 e. The summed E-state index contributed by atoms with van der Waals surface area (Å²) in [5, 5.41) is 15.4. The molecule has 0 aliphatic rings. The Morgan fingerprint density at radius 3 is 2.19 bits per heavy atom. The van der Waals surface area contributed by atoms with Crippen LogP contribution in [0.15, 0.2) is 66.7 Å². The van der Waals surface area contributed by atoms with Crippen molar-refractivity contribution < 1.29 is 14.7 Å². The summed E-state index contributed by atoms with van der Waals surface area (Å²) in [6.07, 6.45) is 4.52. The lowest BCUT2D eigenvalue weighted by Gasteiger charge is -2.21. The maximum Gasteiger partial charge on any atom is 0.242 e. The summed E-state index contributed by atoms with van der Waals surface area (Å²) in [6.45, 7) is 1.18. The molecule has 0 aliphatic heterocycles. The number of hydrogen-bond donors (Lipinski definition) is 5. The van der Waals surface area contributed by atoms with Gasteiger partial charge in [-0.05, 0) is 74.0 Å². The lowest BCUT2D eigenvalue weighted by atomic mass is 10.0. The first-order valence-corrected chi connectivity index (χ1v) is 13.2. The molecular weight excluding hydrogens is 472 g/mol. The van der Waals surface area contributed by atoms with Gasteiger partial charge in [-0.2, -0.15) is 0 Å². The highest BCUT2D eigenvalue weighted by atomic mass is 32.1. The van der Waals surface area contributed by atoms with Crippen LogP contribution in [0.4, 0.5) is 0 Å². The number of hydrogen-bond acceptors (Lipinski definition) is 6. The van der Waals surface area contributed by atoms with Crippen LogP contribution in [-0.4, -0.2) is 42.1 Å². The summed E-state index contributed by atoms with van der Waals surface area (Å²) in [7, 11) is 0. The molecule has 7 nitrogen and oxygen atoms in total. The highest BCUT2D eigenvalue weighted by Crippen LogP contribution is 2.19. The highest BCUT2D eigenvalue weighted by Gasteiger charge is 2.24. The molecule has 2 amide bonds. The van der Waals surface area contributed by atoms with E-state index >= 15 is 0 Å². The van der Waals surface area contributed by atoms with Gasteiger partial charge in [-0.25, -0.2) is 0 Å². The van der Waals surface area contributed by atoms with Crippen LogP contribution < -0.4 is 22.1 Å². The third kappa shape index (κ3) is 9.11. The number of carbonyl (C=O) groups is 2. The van der Waals surface area contributed by atoms with Gasteiger partial charge in [-0.3, -0.25) is 9.59 Å². The van der Waals surface area contributed by atoms with Gasteiger partial charge in [-0.15, -0.1) is 11.3 Å². The van der Waals surface area contributed by atoms with Gasteiger partial charge in [0, 0.05) is 22.7 Å². The molecule has 0 radical (unpaired) electrons. The van der Waals surface area contributed by atoms with Crippen LogP contribution in [0.2, 0.25) is 0 Å². The van der Waals surface area contributed by atoms with Crippen molar-refractivity contribution in [1.29, 1.82) is 0 Å². The van der Waals surface area contributed by atoms with E-state index in [2.05, 4.69) is 22.8 Å². The van der Waals surface area contributed by atoms with E-state index in [0.29, 0.717) is 25.9 Å². The predicted octanol–water partition coefficient (Wildman–Crippen LogP) is 2.69. The molecule has 3 rings (SSSR count). The zero-order valence-electron chi connectivity index (χ0n) is 20.5. The van der Waals surface area contributed by atoms with Crippen LogP contribution in [0.1, 0.15) is 33.7 Å². The van der Waals surface area contributed by atoms with E-state index in [9.17, 15) is 14.7 Å². The van der Waals surface area contributed by atoms with Crippen LogP contribution in [0.3, 0.4) is 0 Å². The zero-order valence-corrected chi connectivity index (χ0v) is 21.3. The van der Waals surface area contributed by atoms with Gasteiger partial charge in [-0.1, -0.05) is 42.5 Å². The number of nitrogens with two attached hydrogens (primary N) is 2. The average molecular weight is 509 g/mol. The Balaban J connectivity index is 1.57. The Labute approximate surface area is 216 Å². The normalized spacial score (nSPS) is 12.6. The Morgan fingerprint density at radius 2 is 1.50 bits per heavy atom. The fourth-order valence-corrected chi connectivity index (χ4v) is 4.94. The number of phenolic OH excluding ortho intramolecular Hbond substituents is 1. The SMILES string of the molecule is NCCCCc1ccc(CCNC(=O)[C@H](Cc2ccc(O)cc2)NC(=O)[C@@H](N)Cc2ccccc2)s1. The average Bonchev–Trinajstić information content (AvgIpc) is 3.33. The van der Waals surface area contributed by atoms with Crippen molar-refractivity contribution in [2.45, 2.75) is 50.6 Å². The second-order valence-electron chi connectivity index (χ2n) is 8.88. The number of unbranched alkanes of at least 4 members (excludes halogenated alkanes) is 1. The number of carbonyl (C=O) groups excluding carboxylic acids is 2. The van der Waals surface area contributed by atoms with Gasteiger partial charge in [0.15, 0.2) is 0 Å². The molecule has 0 aliphatic carbocycles. The van der Waals surface area contributed by atoms with Crippen molar-refractivity contribution in [2.24, 2.45) is 11.5 Å². The standard InChI is InChI=1S/C28H36N4O3S/c29-16-5-4-8-23-13-14-24(36-23)15-17-31-28(35)26(19-21-9-11-22(33)12-10-21)32-27(34)25(30)18-20-6-2-1-3-7-20/h1-3,6-7,9-14,25-26,33H,4-5,8,15-19,29-30H2,(H,31,35)(H,32,34)/t25-,26-/m0/s1. The molecule has 1 aromatic heterocycles. The fraction of sp³-hybridized carbons (Fsp3) is 0.357. The summed E-state index contributed by atoms with van der Waals surface area (Å²) in [6, 6.07) is 18.8. The summed E-state index contributed by atoms with van der Waals surface area (Å²) in [5.41, 5.74) is 13.5. The molecule has 36 heavy (non-hydrogen) atoms. The maximum absolute atomic E-state index is 13.1. The van der Waals surface area contributed by atoms with Crippen molar-refractivity contribution in [2.75, 3.05) is 13.1 Å². The molecule has 0 saturated carbocycles. The van der Waals surface area contributed by atoms with E-state index in [-0.39, 0.29) is 17.6 Å². The van der Waals surface area contributed by atoms with Crippen molar-refractivity contribution >= 4 is 23.2 Å². The Hall–Kier alpha value is -3.20. The fourth-order valence-electron chi connectivity index (χ4n) is 3.88. The second-order valence-corrected chi connectivity index (χ2v) is 10.1. The van der Waals surface area contributed by atoms with Gasteiger partial charge in [0.25, 0.3) is 0 Å². The molecule has 1 heterocycles. The number of nitrogens with one attached hydrogen (secondary N) is 2. The molecule has 0 bridgehead atoms. The number of thiophene rings is 1. The lowest BCUT2D eigenvalue weighted by Crippen LogP contribution is -2.53. The highest BCUT2D eigenvalue weighted by molar-refractivity contribution is 7.12. The number of benzene rings is 2. The van der Waals surface area contributed by atoms with Crippen LogP contribution in [-0.2, 0) is 35.3 Å². The Bertz CT molecular complexity index is 1090. The Kier molecular flexibility index (Phi) is 10.9. The van der Waals surface area contributed by atoms with Crippen LogP contribution in [0, 0.1) is 0 Å². The molecule has 8 heteroatoms. The Morgan fingerprint density at radius 1 is 0.833 bits per heavy atom. The smallest absolute Gasteiger partial charge is 0.242 e. The van der Waals surface area contributed by atoms with Gasteiger partial charge in [0.05, 0.1) is 6.04 Å². The van der Waals surface area contributed by atoms with Crippen molar-refractivity contribution in [3.63, 3.8) is 0 Å². The minimum Gasteiger partial charge on any atom is -0.508 e. The third-order valence-electron chi connectivity index (χ3n) is 5.91. The van der Waals surface area contributed by atoms with Crippen molar-refractivity contribution in [1.82, 2.24) is 10.6 Å². The van der Waals surface area contributed by atoms with E-state index in [4.69, 9.17) is 11.5 Å².